The molecule has 1 amide bonds. The summed E-state index contributed by atoms with van der Waals surface area (Å²) in [7, 11) is -3.94. The summed E-state index contributed by atoms with van der Waals surface area (Å²) in [5, 5.41) is 18.2. The van der Waals surface area contributed by atoms with E-state index in [0.29, 0.717) is 0 Å². The van der Waals surface area contributed by atoms with Gasteiger partial charge in [0.2, 0.25) is 15.8 Å². The Balaban J connectivity index is 2.07. The molecule has 0 aromatic heterocycles. The number of rotatable bonds is 6. The minimum Gasteiger partial charge on any atom is -0.477 e. The lowest BCUT2D eigenvalue weighted by Gasteiger charge is -2.09. The Bertz CT molecular complexity index is 932. The van der Waals surface area contributed by atoms with Gasteiger partial charge < -0.3 is 10.1 Å². The third kappa shape index (κ3) is 4.96. The van der Waals surface area contributed by atoms with Gasteiger partial charge in [-0.3, -0.25) is 14.9 Å². The summed E-state index contributed by atoms with van der Waals surface area (Å²) in [5.74, 6) is -1.90. The maximum absolute atomic E-state index is 13.2. The zero-order chi connectivity index (χ0) is 18.6. The van der Waals surface area contributed by atoms with Crippen molar-refractivity contribution < 1.29 is 27.3 Å². The molecule has 0 saturated carbocycles. The van der Waals surface area contributed by atoms with Crippen LogP contribution < -0.4 is 15.2 Å². The van der Waals surface area contributed by atoms with Crippen LogP contribution in [-0.4, -0.2) is 25.9 Å². The van der Waals surface area contributed by atoms with Crippen LogP contribution in [0.3, 0.4) is 0 Å². The Morgan fingerprint density at radius 1 is 1.28 bits per heavy atom. The number of carbonyl (C=O) groups is 1. The van der Waals surface area contributed by atoms with Crippen LogP contribution >= 0.6 is 0 Å². The monoisotopic (exact) mass is 369 g/mol. The predicted octanol–water partition coefficient (Wildman–Crippen LogP) is 1.40. The van der Waals surface area contributed by atoms with Gasteiger partial charge in [0, 0.05) is 17.8 Å². The first-order chi connectivity index (χ1) is 11.7. The second kappa shape index (κ2) is 7.23. The molecule has 0 heterocycles. The van der Waals surface area contributed by atoms with Crippen molar-refractivity contribution in [1.29, 1.82) is 0 Å². The number of benzene rings is 2. The van der Waals surface area contributed by atoms with Gasteiger partial charge in [-0.05, 0) is 24.3 Å². The van der Waals surface area contributed by atoms with Crippen molar-refractivity contribution in [3.8, 4) is 5.75 Å². The average Bonchev–Trinajstić information content (AvgIpc) is 2.52. The highest BCUT2D eigenvalue weighted by Crippen LogP contribution is 2.27. The number of halogens is 1. The van der Waals surface area contributed by atoms with E-state index in [0.717, 1.165) is 24.3 Å². The van der Waals surface area contributed by atoms with E-state index in [9.17, 15) is 27.7 Å². The van der Waals surface area contributed by atoms with Crippen LogP contribution in [0.25, 0.3) is 0 Å². The summed E-state index contributed by atoms with van der Waals surface area (Å²) in [5.41, 5.74) is -0.362. The Morgan fingerprint density at radius 3 is 2.64 bits per heavy atom. The number of nitrogens with zero attached hydrogens (tertiary/aromatic N) is 1. The van der Waals surface area contributed by atoms with Gasteiger partial charge >= 0.3 is 5.69 Å². The van der Waals surface area contributed by atoms with Crippen molar-refractivity contribution in [2.45, 2.75) is 4.90 Å². The lowest BCUT2D eigenvalue weighted by atomic mass is 10.3. The normalized spacial score (nSPS) is 11.0. The first-order valence-electron chi connectivity index (χ1n) is 6.66. The quantitative estimate of drug-likeness (QED) is 0.582. The Labute approximate surface area is 141 Å². The summed E-state index contributed by atoms with van der Waals surface area (Å²) in [4.78, 5) is 21.7. The fourth-order valence-corrected chi connectivity index (χ4v) is 2.41. The fraction of sp³-hybridized carbons (Fsp3) is 0.0714. The van der Waals surface area contributed by atoms with Gasteiger partial charge in [0.15, 0.2) is 6.61 Å². The highest BCUT2D eigenvalue weighted by atomic mass is 32.2. The molecule has 0 fully saturated rings. The molecule has 0 unspecified atom stereocenters. The minimum absolute atomic E-state index is 0.133. The molecule has 25 heavy (non-hydrogen) atoms. The second-order valence-corrected chi connectivity index (χ2v) is 6.34. The number of nitrogens with two attached hydrogens (primary N) is 1. The van der Waals surface area contributed by atoms with Crippen molar-refractivity contribution >= 4 is 27.3 Å². The molecule has 0 atom stereocenters. The second-order valence-electron chi connectivity index (χ2n) is 4.78. The topological polar surface area (TPSA) is 142 Å². The molecule has 2 aromatic carbocycles. The lowest BCUT2D eigenvalue weighted by molar-refractivity contribution is -0.385. The Hall–Kier alpha value is -3.05. The predicted molar refractivity (Wildman–Crippen MR) is 85.0 cm³/mol. The zero-order valence-electron chi connectivity index (χ0n) is 12.5. The first-order valence-corrected chi connectivity index (χ1v) is 8.21. The molecular weight excluding hydrogens is 357 g/mol. The molecular formula is C14H12FN3O6S. The highest BCUT2D eigenvalue weighted by Gasteiger charge is 2.17. The summed E-state index contributed by atoms with van der Waals surface area (Å²) in [6.07, 6.45) is 0. The Morgan fingerprint density at radius 2 is 2.00 bits per heavy atom. The molecule has 3 N–H and O–H groups in total. The first kappa shape index (κ1) is 18.3. The number of amides is 1. The maximum Gasteiger partial charge on any atom is 0.311 e. The molecule has 0 radical (unpaired) electrons. The number of nitro groups is 1. The number of primary sulfonamides is 1. The van der Waals surface area contributed by atoms with Gasteiger partial charge in [0.05, 0.1) is 9.82 Å². The zero-order valence-corrected chi connectivity index (χ0v) is 13.3. The van der Waals surface area contributed by atoms with E-state index < -0.39 is 44.7 Å². The standard InChI is InChI=1S/C14H12FN3O6S/c15-9-4-5-12(18(20)21)13(6-9)24-8-14(19)17-10-2-1-3-11(7-10)25(16,22)23/h1-7H,8H2,(H,17,19)(H2,16,22,23). The molecule has 0 aliphatic rings. The van der Waals surface area contributed by atoms with Gasteiger partial charge in [-0.2, -0.15) is 0 Å². The van der Waals surface area contributed by atoms with E-state index in [1.807, 2.05) is 0 Å². The largest absolute Gasteiger partial charge is 0.477 e. The summed E-state index contributed by atoms with van der Waals surface area (Å²) < 4.78 is 40.7. The van der Waals surface area contributed by atoms with Crippen LogP contribution in [0.2, 0.25) is 0 Å². The fourth-order valence-electron chi connectivity index (χ4n) is 1.85. The number of carbonyl (C=O) groups excluding carboxylic acids is 1. The van der Waals surface area contributed by atoms with Gasteiger partial charge in [0.1, 0.15) is 5.82 Å². The van der Waals surface area contributed by atoms with E-state index in [4.69, 9.17) is 9.88 Å². The van der Waals surface area contributed by atoms with Crippen molar-refractivity contribution in [1.82, 2.24) is 0 Å². The van der Waals surface area contributed by atoms with E-state index >= 15 is 0 Å². The number of nitro benzene ring substituents is 1. The molecule has 0 aliphatic carbocycles. The molecule has 132 valence electrons. The van der Waals surface area contributed by atoms with Gasteiger partial charge in [0.25, 0.3) is 5.91 Å². The SMILES string of the molecule is NS(=O)(=O)c1cccc(NC(=O)COc2cc(F)ccc2[N+](=O)[O-])c1. The summed E-state index contributed by atoms with van der Waals surface area (Å²) in [6.45, 7) is -0.649. The third-order valence-electron chi connectivity index (χ3n) is 2.92. The van der Waals surface area contributed by atoms with E-state index in [2.05, 4.69) is 5.32 Å². The van der Waals surface area contributed by atoms with Crippen molar-refractivity contribution in [2.75, 3.05) is 11.9 Å². The molecule has 2 rings (SSSR count). The van der Waals surface area contributed by atoms with Crippen LogP contribution in [-0.2, 0) is 14.8 Å². The Kier molecular flexibility index (Phi) is 5.29. The maximum atomic E-state index is 13.2. The number of nitrogens with one attached hydrogen (secondary N) is 1. The summed E-state index contributed by atoms with van der Waals surface area (Å²) in [6, 6.07) is 7.76. The molecule has 11 heteroatoms. The van der Waals surface area contributed by atoms with E-state index in [-0.39, 0.29) is 10.6 Å². The van der Waals surface area contributed by atoms with Crippen molar-refractivity contribution in [3.63, 3.8) is 0 Å². The van der Waals surface area contributed by atoms with Crippen LogP contribution in [0.1, 0.15) is 0 Å². The lowest BCUT2D eigenvalue weighted by Crippen LogP contribution is -2.21. The van der Waals surface area contributed by atoms with Gasteiger partial charge in [-0.15, -0.1) is 0 Å². The van der Waals surface area contributed by atoms with Crippen LogP contribution in [0.5, 0.6) is 5.75 Å². The van der Waals surface area contributed by atoms with E-state index in [1.165, 1.54) is 18.2 Å². The molecule has 9 nitrogen and oxygen atoms in total. The van der Waals surface area contributed by atoms with Crippen molar-refractivity contribution in [2.24, 2.45) is 5.14 Å². The summed E-state index contributed by atoms with van der Waals surface area (Å²) >= 11 is 0. The van der Waals surface area contributed by atoms with Gasteiger partial charge in [-0.1, -0.05) is 6.07 Å². The molecule has 0 bridgehead atoms. The molecule has 0 saturated heterocycles. The minimum atomic E-state index is -3.94. The number of sulfonamides is 1. The van der Waals surface area contributed by atoms with Gasteiger partial charge in [-0.25, -0.2) is 17.9 Å². The highest BCUT2D eigenvalue weighted by molar-refractivity contribution is 7.89. The number of hydrogen-bond acceptors (Lipinski definition) is 6. The number of hydrogen-bond donors (Lipinski definition) is 2. The average molecular weight is 369 g/mol. The van der Waals surface area contributed by atoms with Crippen LogP contribution in [0.15, 0.2) is 47.4 Å². The van der Waals surface area contributed by atoms with E-state index in [1.54, 1.807) is 0 Å². The molecule has 0 spiro atoms. The van der Waals surface area contributed by atoms with Crippen molar-refractivity contribution in [3.05, 3.63) is 58.4 Å². The number of anilines is 1. The van der Waals surface area contributed by atoms with Crippen LogP contribution in [0.4, 0.5) is 15.8 Å². The molecule has 0 aliphatic heterocycles. The molecule has 2 aromatic rings. The third-order valence-corrected chi connectivity index (χ3v) is 3.83. The number of ether oxygens (including phenoxy) is 1. The smallest absolute Gasteiger partial charge is 0.311 e. The van der Waals surface area contributed by atoms with Crippen LogP contribution in [0, 0.1) is 15.9 Å².